The van der Waals surface area contributed by atoms with Gasteiger partial charge in [0.25, 0.3) is 0 Å². The molecule has 0 radical (unpaired) electrons. The van der Waals surface area contributed by atoms with Crippen LogP contribution in [0.5, 0.6) is 17.2 Å². The zero-order chi connectivity index (χ0) is 15.0. The van der Waals surface area contributed by atoms with Crippen molar-refractivity contribution in [1.82, 2.24) is 0 Å². The highest BCUT2D eigenvalue weighted by Crippen LogP contribution is 2.45. The standard InChI is InChI=1S/C17H18O4/c1-10-16(19)14-9-12(18)5-8-15(14)21-17(10)11-3-6-13(20-2)7-4-11/h3-10,16-19H,1-2H3. The van der Waals surface area contributed by atoms with Crippen LogP contribution in [0.25, 0.3) is 0 Å². The van der Waals surface area contributed by atoms with E-state index in [1.54, 1.807) is 25.3 Å². The molecule has 0 fully saturated rings. The molecule has 2 N–H and O–H groups in total. The largest absolute Gasteiger partial charge is 0.508 e. The highest BCUT2D eigenvalue weighted by atomic mass is 16.5. The van der Waals surface area contributed by atoms with Gasteiger partial charge in [0, 0.05) is 11.5 Å². The first-order valence-electron chi connectivity index (χ1n) is 6.91. The summed E-state index contributed by atoms with van der Waals surface area (Å²) in [5.74, 6) is 1.41. The number of methoxy groups -OCH3 is 1. The maximum atomic E-state index is 10.5. The summed E-state index contributed by atoms with van der Waals surface area (Å²) in [5.41, 5.74) is 1.62. The number of hydrogen-bond acceptors (Lipinski definition) is 4. The Balaban J connectivity index is 1.95. The number of rotatable bonds is 2. The van der Waals surface area contributed by atoms with E-state index in [1.807, 2.05) is 31.2 Å². The van der Waals surface area contributed by atoms with Crippen LogP contribution in [0.2, 0.25) is 0 Å². The lowest BCUT2D eigenvalue weighted by Gasteiger charge is -2.35. The summed E-state index contributed by atoms with van der Waals surface area (Å²) in [6.07, 6.45) is -0.907. The van der Waals surface area contributed by atoms with Gasteiger partial charge in [-0.2, -0.15) is 0 Å². The number of phenols is 1. The van der Waals surface area contributed by atoms with Gasteiger partial charge in [-0.05, 0) is 35.9 Å². The van der Waals surface area contributed by atoms with E-state index in [1.165, 1.54) is 0 Å². The second-order valence-corrected chi connectivity index (χ2v) is 5.34. The maximum Gasteiger partial charge on any atom is 0.129 e. The molecule has 3 unspecified atom stereocenters. The van der Waals surface area contributed by atoms with Gasteiger partial charge in [0.05, 0.1) is 13.2 Å². The minimum atomic E-state index is -0.673. The molecule has 110 valence electrons. The van der Waals surface area contributed by atoms with Crippen LogP contribution in [-0.4, -0.2) is 17.3 Å². The normalized spacial score (nSPS) is 24.0. The molecule has 0 bridgehead atoms. The summed E-state index contributed by atoms with van der Waals surface area (Å²) in [7, 11) is 1.63. The SMILES string of the molecule is COc1ccc(C2Oc3ccc(O)cc3C(O)C2C)cc1. The van der Waals surface area contributed by atoms with Gasteiger partial charge in [-0.25, -0.2) is 0 Å². The third-order valence-corrected chi connectivity index (χ3v) is 3.99. The third-order valence-electron chi connectivity index (χ3n) is 3.99. The smallest absolute Gasteiger partial charge is 0.129 e. The first kappa shape index (κ1) is 13.8. The molecule has 0 spiro atoms. The molecular formula is C17H18O4. The quantitative estimate of drug-likeness (QED) is 0.890. The maximum absolute atomic E-state index is 10.5. The van der Waals surface area contributed by atoms with Gasteiger partial charge in [0.1, 0.15) is 23.4 Å². The predicted octanol–water partition coefficient (Wildman–Crippen LogP) is 3.20. The molecule has 3 rings (SSSR count). The van der Waals surface area contributed by atoms with Crippen molar-refractivity contribution < 1.29 is 19.7 Å². The van der Waals surface area contributed by atoms with E-state index < -0.39 is 6.10 Å². The van der Waals surface area contributed by atoms with E-state index in [2.05, 4.69) is 0 Å². The lowest BCUT2D eigenvalue weighted by atomic mass is 9.86. The molecule has 1 aliphatic rings. The fourth-order valence-electron chi connectivity index (χ4n) is 2.73. The number of hydrogen-bond donors (Lipinski definition) is 2. The molecule has 4 nitrogen and oxygen atoms in total. The fraction of sp³-hybridized carbons (Fsp3) is 0.294. The van der Waals surface area contributed by atoms with Crippen LogP contribution in [0.15, 0.2) is 42.5 Å². The van der Waals surface area contributed by atoms with Crippen LogP contribution < -0.4 is 9.47 Å². The number of fused-ring (bicyclic) bond motifs is 1. The van der Waals surface area contributed by atoms with Gasteiger partial charge in [-0.1, -0.05) is 19.1 Å². The zero-order valence-electron chi connectivity index (χ0n) is 12.0. The molecule has 2 aromatic carbocycles. The molecule has 1 aliphatic heterocycles. The van der Waals surface area contributed by atoms with Crippen molar-refractivity contribution in [2.24, 2.45) is 5.92 Å². The molecule has 0 saturated heterocycles. The fourth-order valence-corrected chi connectivity index (χ4v) is 2.73. The van der Waals surface area contributed by atoms with Crippen molar-refractivity contribution in [2.45, 2.75) is 19.1 Å². The second-order valence-electron chi connectivity index (χ2n) is 5.34. The zero-order valence-corrected chi connectivity index (χ0v) is 12.0. The van der Waals surface area contributed by atoms with Gasteiger partial charge in [0.2, 0.25) is 0 Å². The van der Waals surface area contributed by atoms with Crippen molar-refractivity contribution in [3.63, 3.8) is 0 Å². The van der Waals surface area contributed by atoms with Crippen molar-refractivity contribution >= 4 is 0 Å². The second kappa shape index (κ2) is 5.30. The van der Waals surface area contributed by atoms with E-state index in [9.17, 15) is 10.2 Å². The minimum Gasteiger partial charge on any atom is -0.508 e. The Bertz CT molecular complexity index is 636. The van der Waals surface area contributed by atoms with E-state index >= 15 is 0 Å². The third kappa shape index (κ3) is 2.43. The van der Waals surface area contributed by atoms with Gasteiger partial charge >= 0.3 is 0 Å². The highest BCUT2D eigenvalue weighted by molar-refractivity contribution is 5.44. The number of aliphatic hydroxyl groups is 1. The Kier molecular flexibility index (Phi) is 3.47. The molecule has 0 aromatic heterocycles. The Morgan fingerprint density at radius 1 is 1.10 bits per heavy atom. The molecule has 4 heteroatoms. The number of benzene rings is 2. The summed E-state index contributed by atoms with van der Waals surface area (Å²) in [4.78, 5) is 0. The van der Waals surface area contributed by atoms with Gasteiger partial charge in [0.15, 0.2) is 0 Å². The Morgan fingerprint density at radius 2 is 1.81 bits per heavy atom. The summed E-state index contributed by atoms with van der Waals surface area (Å²) >= 11 is 0. The van der Waals surface area contributed by atoms with Crippen LogP contribution in [0.1, 0.15) is 30.3 Å². The summed E-state index contributed by atoms with van der Waals surface area (Å²) < 4.78 is 11.2. The van der Waals surface area contributed by atoms with Gasteiger partial charge < -0.3 is 19.7 Å². The van der Waals surface area contributed by atoms with Gasteiger partial charge in [-0.3, -0.25) is 0 Å². The molecule has 3 atom stereocenters. The molecule has 21 heavy (non-hydrogen) atoms. The first-order chi connectivity index (χ1) is 10.1. The number of phenolic OH excluding ortho intramolecular Hbond substituents is 1. The summed E-state index contributed by atoms with van der Waals surface area (Å²) in [6.45, 7) is 1.94. The van der Waals surface area contributed by atoms with Gasteiger partial charge in [-0.15, -0.1) is 0 Å². The Morgan fingerprint density at radius 3 is 2.48 bits per heavy atom. The summed E-state index contributed by atoms with van der Waals surface area (Å²) in [5, 5.41) is 20.0. The van der Waals surface area contributed by atoms with Crippen LogP contribution in [0, 0.1) is 5.92 Å². The molecular weight excluding hydrogens is 268 g/mol. The van der Waals surface area contributed by atoms with E-state index in [-0.39, 0.29) is 17.8 Å². The van der Waals surface area contributed by atoms with Crippen LogP contribution in [0.4, 0.5) is 0 Å². The van der Waals surface area contributed by atoms with Crippen LogP contribution in [0.3, 0.4) is 0 Å². The van der Waals surface area contributed by atoms with E-state index in [4.69, 9.17) is 9.47 Å². The highest BCUT2D eigenvalue weighted by Gasteiger charge is 2.35. The van der Waals surface area contributed by atoms with Crippen molar-refractivity contribution in [1.29, 1.82) is 0 Å². The Hall–Kier alpha value is -2.20. The number of aliphatic hydroxyl groups excluding tert-OH is 1. The summed E-state index contributed by atoms with van der Waals surface area (Å²) in [6, 6.07) is 12.5. The van der Waals surface area contributed by atoms with Crippen LogP contribution in [-0.2, 0) is 0 Å². The number of ether oxygens (including phenoxy) is 2. The predicted molar refractivity (Wildman–Crippen MR) is 78.6 cm³/mol. The molecule has 0 saturated carbocycles. The molecule has 1 heterocycles. The van der Waals surface area contributed by atoms with E-state index in [0.717, 1.165) is 11.3 Å². The molecule has 0 amide bonds. The lowest BCUT2D eigenvalue weighted by Crippen LogP contribution is -2.27. The molecule has 0 aliphatic carbocycles. The first-order valence-corrected chi connectivity index (χ1v) is 6.91. The average Bonchev–Trinajstić information content (AvgIpc) is 2.51. The molecule has 2 aromatic rings. The van der Waals surface area contributed by atoms with Crippen molar-refractivity contribution in [3.05, 3.63) is 53.6 Å². The number of aromatic hydroxyl groups is 1. The topological polar surface area (TPSA) is 58.9 Å². The minimum absolute atomic E-state index is 0.118. The van der Waals surface area contributed by atoms with Crippen LogP contribution >= 0.6 is 0 Å². The Labute approximate surface area is 123 Å². The monoisotopic (exact) mass is 286 g/mol. The van der Waals surface area contributed by atoms with Crippen molar-refractivity contribution in [3.8, 4) is 17.2 Å². The lowest BCUT2D eigenvalue weighted by molar-refractivity contribution is 0.00743. The van der Waals surface area contributed by atoms with Crippen molar-refractivity contribution in [2.75, 3.05) is 7.11 Å². The van der Waals surface area contributed by atoms with E-state index in [0.29, 0.717) is 11.3 Å². The average molecular weight is 286 g/mol.